The molecule has 148 valence electrons. The van der Waals surface area contributed by atoms with Gasteiger partial charge in [0.2, 0.25) is 5.82 Å². The van der Waals surface area contributed by atoms with Crippen molar-refractivity contribution in [3.63, 3.8) is 0 Å². The Morgan fingerprint density at radius 2 is 2.11 bits per heavy atom. The molecule has 5 nitrogen and oxygen atoms in total. The Morgan fingerprint density at radius 3 is 2.75 bits per heavy atom. The molecule has 0 spiro atoms. The Balaban J connectivity index is 1.66. The van der Waals surface area contributed by atoms with Crippen molar-refractivity contribution < 1.29 is 22.4 Å². The van der Waals surface area contributed by atoms with Crippen LogP contribution in [0.2, 0.25) is 0 Å². The molecule has 1 fully saturated rings. The predicted octanol–water partition coefficient (Wildman–Crippen LogP) is 5.33. The number of benzene rings is 1. The SMILES string of the molecule is CN1CC[C@@H](Oc2cc(-c3noc(-c4ccc(Br)s4)n3)ccc2C(F)(F)F)C1. The minimum atomic E-state index is -4.51. The molecule has 0 unspecified atom stereocenters. The van der Waals surface area contributed by atoms with Crippen LogP contribution in [0.25, 0.3) is 22.2 Å². The van der Waals surface area contributed by atoms with Crippen LogP contribution in [-0.4, -0.2) is 41.3 Å². The molecule has 0 aliphatic carbocycles. The smallest absolute Gasteiger partial charge is 0.419 e. The van der Waals surface area contributed by atoms with Gasteiger partial charge in [0, 0.05) is 18.7 Å². The number of alkyl halides is 3. The number of rotatable bonds is 4. The molecule has 1 aromatic carbocycles. The molecular weight excluding hydrogens is 459 g/mol. The predicted molar refractivity (Wildman–Crippen MR) is 102 cm³/mol. The van der Waals surface area contributed by atoms with Gasteiger partial charge in [-0.1, -0.05) is 11.2 Å². The Labute approximate surface area is 171 Å². The summed E-state index contributed by atoms with van der Waals surface area (Å²) in [6.07, 6.45) is -4.12. The van der Waals surface area contributed by atoms with Gasteiger partial charge >= 0.3 is 6.18 Å². The first-order valence-electron chi connectivity index (χ1n) is 8.46. The Hall–Kier alpha value is -1.91. The van der Waals surface area contributed by atoms with Crippen molar-refractivity contribution in [2.45, 2.75) is 18.7 Å². The lowest BCUT2D eigenvalue weighted by atomic mass is 10.1. The summed E-state index contributed by atoms with van der Waals surface area (Å²) in [5, 5.41) is 3.91. The molecule has 0 N–H and O–H groups in total. The lowest BCUT2D eigenvalue weighted by Crippen LogP contribution is -2.22. The molecule has 10 heteroatoms. The van der Waals surface area contributed by atoms with E-state index in [1.165, 1.54) is 23.5 Å². The van der Waals surface area contributed by atoms with Crippen LogP contribution in [-0.2, 0) is 6.18 Å². The molecule has 1 aliphatic rings. The third kappa shape index (κ3) is 4.08. The Kier molecular flexibility index (Phi) is 5.19. The van der Waals surface area contributed by atoms with Gasteiger partial charge in [0.05, 0.1) is 14.2 Å². The summed E-state index contributed by atoms with van der Waals surface area (Å²) < 4.78 is 52.1. The summed E-state index contributed by atoms with van der Waals surface area (Å²) in [6, 6.07) is 7.34. The van der Waals surface area contributed by atoms with Crippen molar-refractivity contribution in [2.24, 2.45) is 0 Å². The fourth-order valence-corrected chi connectivity index (χ4v) is 4.34. The van der Waals surface area contributed by atoms with Crippen molar-refractivity contribution in [3.05, 3.63) is 39.7 Å². The number of likely N-dealkylation sites (tertiary alicyclic amines) is 1. The quantitative estimate of drug-likeness (QED) is 0.512. The molecule has 1 atom stereocenters. The van der Waals surface area contributed by atoms with Crippen LogP contribution in [0.5, 0.6) is 5.75 Å². The number of aromatic nitrogens is 2. The second-order valence-electron chi connectivity index (χ2n) is 6.53. The highest BCUT2D eigenvalue weighted by Gasteiger charge is 2.36. The largest absolute Gasteiger partial charge is 0.488 e. The fourth-order valence-electron chi connectivity index (χ4n) is 3.03. The van der Waals surface area contributed by atoms with Crippen molar-refractivity contribution in [3.8, 4) is 27.9 Å². The third-order valence-corrected chi connectivity index (χ3v) is 6.01. The summed E-state index contributed by atoms with van der Waals surface area (Å²) in [4.78, 5) is 7.09. The van der Waals surface area contributed by atoms with Gasteiger partial charge in [-0.3, -0.25) is 0 Å². The van der Waals surface area contributed by atoms with Gasteiger partial charge in [-0.05, 0) is 53.7 Å². The number of hydrogen-bond acceptors (Lipinski definition) is 6. The maximum atomic E-state index is 13.4. The molecule has 1 aliphatic heterocycles. The van der Waals surface area contributed by atoms with E-state index in [0.717, 1.165) is 21.3 Å². The van der Waals surface area contributed by atoms with Gasteiger partial charge in [0.25, 0.3) is 5.89 Å². The van der Waals surface area contributed by atoms with Crippen LogP contribution < -0.4 is 4.74 Å². The van der Waals surface area contributed by atoms with Crippen molar-refractivity contribution in [1.29, 1.82) is 0 Å². The van der Waals surface area contributed by atoms with Crippen LogP contribution >= 0.6 is 27.3 Å². The van der Waals surface area contributed by atoms with Crippen LogP contribution in [0, 0.1) is 0 Å². The monoisotopic (exact) mass is 473 g/mol. The zero-order chi connectivity index (χ0) is 19.9. The first kappa shape index (κ1) is 19.4. The minimum absolute atomic E-state index is 0.210. The summed E-state index contributed by atoms with van der Waals surface area (Å²) in [5.41, 5.74) is -0.406. The number of nitrogens with zero attached hydrogens (tertiary/aromatic N) is 3. The molecule has 4 rings (SSSR count). The van der Waals surface area contributed by atoms with E-state index in [-0.39, 0.29) is 17.7 Å². The van der Waals surface area contributed by atoms with Gasteiger partial charge < -0.3 is 14.2 Å². The second-order valence-corrected chi connectivity index (χ2v) is 8.99. The minimum Gasteiger partial charge on any atom is -0.488 e. The summed E-state index contributed by atoms with van der Waals surface area (Å²) in [7, 11) is 1.91. The fraction of sp³-hybridized carbons (Fsp3) is 0.333. The zero-order valence-corrected chi connectivity index (χ0v) is 17.1. The molecule has 0 amide bonds. The molecular formula is C18H15BrF3N3O2S. The van der Waals surface area contributed by atoms with E-state index in [9.17, 15) is 13.2 Å². The van der Waals surface area contributed by atoms with Gasteiger partial charge in [0.15, 0.2) is 0 Å². The number of thiophene rings is 1. The molecule has 28 heavy (non-hydrogen) atoms. The maximum Gasteiger partial charge on any atom is 0.419 e. The number of likely N-dealkylation sites (N-methyl/N-ethyl adjacent to an activating group) is 1. The normalized spacial score (nSPS) is 18.0. The summed E-state index contributed by atoms with van der Waals surface area (Å²) in [5.74, 6) is 0.308. The van der Waals surface area contributed by atoms with Crippen LogP contribution in [0.4, 0.5) is 13.2 Å². The highest BCUT2D eigenvalue weighted by molar-refractivity contribution is 9.11. The van der Waals surface area contributed by atoms with Crippen LogP contribution in [0.15, 0.2) is 38.6 Å². The van der Waals surface area contributed by atoms with Crippen molar-refractivity contribution in [1.82, 2.24) is 15.0 Å². The Morgan fingerprint density at radius 1 is 1.29 bits per heavy atom. The lowest BCUT2D eigenvalue weighted by molar-refractivity contribution is -0.139. The first-order chi connectivity index (χ1) is 13.3. The summed E-state index contributed by atoms with van der Waals surface area (Å²) in [6.45, 7) is 1.37. The van der Waals surface area contributed by atoms with E-state index in [2.05, 4.69) is 26.1 Å². The molecule has 0 radical (unpaired) electrons. The van der Waals surface area contributed by atoms with E-state index < -0.39 is 11.7 Å². The first-order valence-corrected chi connectivity index (χ1v) is 10.1. The van der Waals surface area contributed by atoms with Gasteiger partial charge in [0.1, 0.15) is 11.9 Å². The number of hydrogen-bond donors (Lipinski definition) is 0. The van der Waals surface area contributed by atoms with Crippen molar-refractivity contribution in [2.75, 3.05) is 20.1 Å². The van der Waals surface area contributed by atoms with Gasteiger partial charge in [-0.15, -0.1) is 11.3 Å². The van der Waals surface area contributed by atoms with Crippen LogP contribution in [0.1, 0.15) is 12.0 Å². The highest BCUT2D eigenvalue weighted by Crippen LogP contribution is 2.39. The van der Waals surface area contributed by atoms with E-state index in [1.54, 1.807) is 0 Å². The van der Waals surface area contributed by atoms with Gasteiger partial charge in [-0.2, -0.15) is 18.2 Å². The maximum absolute atomic E-state index is 13.4. The number of ether oxygens (including phenoxy) is 1. The molecule has 3 heterocycles. The molecule has 3 aromatic rings. The zero-order valence-electron chi connectivity index (χ0n) is 14.7. The van der Waals surface area contributed by atoms with Crippen molar-refractivity contribution >= 4 is 27.3 Å². The second kappa shape index (κ2) is 7.49. The Bertz CT molecular complexity index is 989. The topological polar surface area (TPSA) is 51.4 Å². The average Bonchev–Trinajstić information content (AvgIpc) is 3.35. The molecule has 0 bridgehead atoms. The average molecular weight is 474 g/mol. The van der Waals surface area contributed by atoms with E-state index >= 15 is 0 Å². The molecule has 2 aromatic heterocycles. The highest BCUT2D eigenvalue weighted by atomic mass is 79.9. The number of halogens is 4. The molecule has 1 saturated heterocycles. The van der Waals surface area contributed by atoms with Gasteiger partial charge in [-0.25, -0.2) is 0 Å². The van der Waals surface area contributed by atoms with E-state index in [0.29, 0.717) is 24.4 Å². The summed E-state index contributed by atoms with van der Waals surface area (Å²) >= 11 is 4.79. The molecule has 0 saturated carbocycles. The third-order valence-electron chi connectivity index (χ3n) is 4.40. The van der Waals surface area contributed by atoms with E-state index in [4.69, 9.17) is 9.26 Å². The van der Waals surface area contributed by atoms with Crippen LogP contribution in [0.3, 0.4) is 0 Å². The lowest BCUT2D eigenvalue weighted by Gasteiger charge is -2.18. The van der Waals surface area contributed by atoms with E-state index in [1.807, 2.05) is 24.1 Å². The standard InChI is InChI=1S/C18H15BrF3N3O2S/c1-25-7-6-11(9-25)26-13-8-10(2-3-12(13)18(20,21)22)16-23-17(27-24-16)14-4-5-15(19)28-14/h2-5,8,11H,6-7,9H2,1H3/t11-/m1/s1.